The van der Waals surface area contributed by atoms with Crippen LogP contribution in [-0.2, 0) is 0 Å². The van der Waals surface area contributed by atoms with Crippen LogP contribution in [0.1, 0.15) is 19.8 Å². The summed E-state index contributed by atoms with van der Waals surface area (Å²) in [5, 5.41) is 2.97. The Morgan fingerprint density at radius 3 is 3.08 bits per heavy atom. The monoisotopic (exact) mass is 180 g/mol. The number of nitrogens with zero attached hydrogens (tertiary/aromatic N) is 1. The Morgan fingerprint density at radius 2 is 2.38 bits per heavy atom. The van der Waals surface area contributed by atoms with Crippen molar-refractivity contribution in [3.05, 3.63) is 18.3 Å². The van der Waals surface area contributed by atoms with Crippen LogP contribution in [0.3, 0.4) is 0 Å². The van der Waals surface area contributed by atoms with E-state index in [1.165, 1.54) is 0 Å². The summed E-state index contributed by atoms with van der Waals surface area (Å²) in [6, 6.07) is 3.77. The summed E-state index contributed by atoms with van der Waals surface area (Å²) < 4.78 is 5.51. The molecule has 3 heteroatoms. The lowest BCUT2D eigenvalue weighted by molar-refractivity contribution is 0.309. The topological polar surface area (TPSA) is 34.1 Å². The van der Waals surface area contributed by atoms with E-state index in [0.29, 0.717) is 0 Å². The molecule has 0 saturated carbocycles. The van der Waals surface area contributed by atoms with Crippen LogP contribution in [0.4, 0.5) is 5.82 Å². The summed E-state index contributed by atoms with van der Waals surface area (Å²) >= 11 is 0. The van der Waals surface area contributed by atoms with Crippen LogP contribution in [-0.4, -0.2) is 18.6 Å². The lowest BCUT2D eigenvalue weighted by Gasteiger charge is -2.05. The van der Waals surface area contributed by atoms with Crippen molar-refractivity contribution in [2.45, 2.75) is 19.8 Å². The molecule has 1 N–H and O–H groups in total. The molecular formula is C10H16N2O. The SMILES string of the molecule is CCCCOc1ccnc(NC)c1. The number of rotatable bonds is 5. The maximum Gasteiger partial charge on any atom is 0.129 e. The van der Waals surface area contributed by atoms with E-state index < -0.39 is 0 Å². The molecule has 1 heterocycles. The first-order valence-electron chi connectivity index (χ1n) is 4.63. The highest BCUT2D eigenvalue weighted by atomic mass is 16.5. The Kier molecular flexibility index (Phi) is 4.09. The first-order valence-corrected chi connectivity index (χ1v) is 4.63. The van der Waals surface area contributed by atoms with Gasteiger partial charge in [-0.05, 0) is 12.5 Å². The quantitative estimate of drug-likeness (QED) is 0.706. The van der Waals surface area contributed by atoms with Crippen LogP contribution in [0.15, 0.2) is 18.3 Å². The Balaban J connectivity index is 2.46. The third-order valence-corrected chi connectivity index (χ3v) is 1.75. The molecule has 13 heavy (non-hydrogen) atoms. The number of hydrogen-bond donors (Lipinski definition) is 1. The number of unbranched alkanes of at least 4 members (excludes halogenated alkanes) is 1. The molecule has 0 saturated heterocycles. The number of hydrogen-bond acceptors (Lipinski definition) is 3. The molecule has 1 rings (SSSR count). The van der Waals surface area contributed by atoms with Gasteiger partial charge >= 0.3 is 0 Å². The van der Waals surface area contributed by atoms with Crippen LogP contribution in [0.2, 0.25) is 0 Å². The van der Waals surface area contributed by atoms with Crippen LogP contribution in [0, 0.1) is 0 Å². The number of ether oxygens (including phenoxy) is 1. The van der Waals surface area contributed by atoms with Crippen LogP contribution in [0.25, 0.3) is 0 Å². The van der Waals surface area contributed by atoms with Crippen LogP contribution < -0.4 is 10.1 Å². The third-order valence-electron chi connectivity index (χ3n) is 1.75. The van der Waals surface area contributed by atoms with Crippen molar-refractivity contribution in [1.82, 2.24) is 4.98 Å². The Hall–Kier alpha value is -1.25. The molecule has 0 amide bonds. The molecule has 0 radical (unpaired) electrons. The smallest absolute Gasteiger partial charge is 0.129 e. The highest BCUT2D eigenvalue weighted by Crippen LogP contribution is 2.13. The predicted octanol–water partition coefficient (Wildman–Crippen LogP) is 2.30. The standard InChI is InChI=1S/C10H16N2O/c1-3-4-7-13-9-5-6-12-10(8-9)11-2/h5-6,8H,3-4,7H2,1-2H3,(H,11,12). The van der Waals surface area contributed by atoms with Crippen molar-refractivity contribution < 1.29 is 4.74 Å². The van der Waals surface area contributed by atoms with Gasteiger partial charge in [0.2, 0.25) is 0 Å². The van der Waals surface area contributed by atoms with Gasteiger partial charge in [0.05, 0.1) is 6.61 Å². The summed E-state index contributed by atoms with van der Waals surface area (Å²) in [6.45, 7) is 2.93. The number of nitrogens with one attached hydrogen (secondary N) is 1. The molecule has 0 unspecified atom stereocenters. The van der Waals surface area contributed by atoms with Gasteiger partial charge in [-0.15, -0.1) is 0 Å². The molecule has 1 aromatic heterocycles. The second-order valence-corrected chi connectivity index (χ2v) is 2.83. The molecule has 72 valence electrons. The molecule has 0 aliphatic carbocycles. The van der Waals surface area contributed by atoms with Crippen molar-refractivity contribution in [2.75, 3.05) is 19.0 Å². The Morgan fingerprint density at radius 1 is 1.54 bits per heavy atom. The van der Waals surface area contributed by atoms with Gasteiger partial charge in [0.25, 0.3) is 0 Å². The van der Waals surface area contributed by atoms with E-state index in [1.54, 1.807) is 6.20 Å². The highest BCUT2D eigenvalue weighted by Gasteiger charge is 1.95. The summed E-state index contributed by atoms with van der Waals surface area (Å²) in [5.41, 5.74) is 0. The maximum atomic E-state index is 5.51. The zero-order valence-electron chi connectivity index (χ0n) is 8.21. The van der Waals surface area contributed by atoms with Crippen molar-refractivity contribution in [1.29, 1.82) is 0 Å². The van der Waals surface area contributed by atoms with Crippen molar-refractivity contribution in [2.24, 2.45) is 0 Å². The van der Waals surface area contributed by atoms with Gasteiger partial charge < -0.3 is 10.1 Å². The minimum Gasteiger partial charge on any atom is -0.493 e. The number of anilines is 1. The summed E-state index contributed by atoms with van der Waals surface area (Å²) in [6.07, 6.45) is 3.99. The molecule has 0 aliphatic rings. The van der Waals surface area contributed by atoms with E-state index in [4.69, 9.17) is 4.74 Å². The second kappa shape index (κ2) is 5.41. The molecule has 0 atom stereocenters. The van der Waals surface area contributed by atoms with Gasteiger partial charge in [0.15, 0.2) is 0 Å². The minimum atomic E-state index is 0.781. The summed E-state index contributed by atoms with van der Waals surface area (Å²) in [7, 11) is 1.85. The molecule has 3 nitrogen and oxygen atoms in total. The van der Waals surface area contributed by atoms with E-state index in [1.807, 2.05) is 19.2 Å². The highest BCUT2D eigenvalue weighted by molar-refractivity contribution is 5.39. The van der Waals surface area contributed by atoms with Gasteiger partial charge in [-0.2, -0.15) is 0 Å². The van der Waals surface area contributed by atoms with Crippen molar-refractivity contribution in [3.8, 4) is 5.75 Å². The normalized spacial score (nSPS) is 9.69. The third kappa shape index (κ3) is 3.32. The van der Waals surface area contributed by atoms with Gasteiger partial charge in [0, 0.05) is 19.3 Å². The van der Waals surface area contributed by atoms with Gasteiger partial charge in [0.1, 0.15) is 11.6 Å². The molecule has 1 aromatic rings. The van der Waals surface area contributed by atoms with Crippen LogP contribution in [0.5, 0.6) is 5.75 Å². The number of pyridine rings is 1. The maximum absolute atomic E-state index is 5.51. The minimum absolute atomic E-state index is 0.781. The fourth-order valence-electron chi connectivity index (χ4n) is 0.972. The average Bonchev–Trinajstić information content (AvgIpc) is 2.19. The van der Waals surface area contributed by atoms with Crippen LogP contribution >= 0.6 is 0 Å². The number of aromatic nitrogens is 1. The van der Waals surface area contributed by atoms with Gasteiger partial charge in [-0.25, -0.2) is 4.98 Å². The van der Waals surface area contributed by atoms with E-state index in [2.05, 4.69) is 17.2 Å². The predicted molar refractivity (Wildman–Crippen MR) is 54.2 cm³/mol. The largest absolute Gasteiger partial charge is 0.493 e. The fraction of sp³-hybridized carbons (Fsp3) is 0.500. The van der Waals surface area contributed by atoms with Gasteiger partial charge in [-0.1, -0.05) is 13.3 Å². The summed E-state index contributed by atoms with van der Waals surface area (Å²) in [5.74, 6) is 1.72. The molecule has 0 bridgehead atoms. The molecule has 0 fully saturated rings. The van der Waals surface area contributed by atoms with E-state index in [9.17, 15) is 0 Å². The first-order chi connectivity index (χ1) is 6.36. The molecule has 0 spiro atoms. The first kappa shape index (κ1) is 9.84. The summed E-state index contributed by atoms with van der Waals surface area (Å²) in [4.78, 5) is 4.10. The zero-order valence-corrected chi connectivity index (χ0v) is 8.21. The second-order valence-electron chi connectivity index (χ2n) is 2.83. The van der Waals surface area contributed by atoms with Crippen molar-refractivity contribution >= 4 is 5.82 Å². The average molecular weight is 180 g/mol. The van der Waals surface area contributed by atoms with E-state index in [0.717, 1.165) is 31.0 Å². The lowest BCUT2D eigenvalue weighted by Crippen LogP contribution is -1.98. The molecule has 0 aliphatic heterocycles. The van der Waals surface area contributed by atoms with E-state index >= 15 is 0 Å². The van der Waals surface area contributed by atoms with E-state index in [-0.39, 0.29) is 0 Å². The zero-order chi connectivity index (χ0) is 9.52. The van der Waals surface area contributed by atoms with Gasteiger partial charge in [-0.3, -0.25) is 0 Å². The fourth-order valence-corrected chi connectivity index (χ4v) is 0.972. The van der Waals surface area contributed by atoms with Crippen molar-refractivity contribution in [3.63, 3.8) is 0 Å². The lowest BCUT2D eigenvalue weighted by atomic mass is 10.3. The Bertz CT molecular complexity index is 250. The Labute approximate surface area is 79.1 Å². The molecule has 0 aromatic carbocycles. The molecular weight excluding hydrogens is 164 g/mol.